The molecule has 0 heterocycles. The molecular weight excluding hydrogens is 332 g/mol. The first kappa shape index (κ1) is 17.5. The number of rotatable bonds is 5. The van der Waals surface area contributed by atoms with Crippen molar-refractivity contribution in [2.45, 2.75) is 6.92 Å². The second-order valence-electron chi connectivity index (χ2n) is 5.01. The highest BCUT2D eigenvalue weighted by Crippen LogP contribution is 2.22. The van der Waals surface area contributed by atoms with Crippen molar-refractivity contribution in [3.63, 3.8) is 0 Å². The number of carbonyl (C=O) groups is 1. The molecule has 0 fully saturated rings. The molecule has 0 aliphatic carbocycles. The lowest BCUT2D eigenvalue weighted by atomic mass is 10.1. The predicted molar refractivity (Wildman–Crippen MR) is 87.7 cm³/mol. The number of carbonyl (C=O) groups excluding carboxylic acids is 1. The molecule has 2 aromatic rings. The number of non-ortho nitro benzene ring substituents is 2. The quantitative estimate of drug-likeness (QED) is 0.483. The second-order valence-corrected chi connectivity index (χ2v) is 5.01. The number of phenols is 1. The van der Waals surface area contributed by atoms with E-state index in [2.05, 4.69) is 10.5 Å². The number of hydrazone groups is 1. The van der Waals surface area contributed by atoms with Crippen molar-refractivity contribution >= 4 is 23.5 Å². The summed E-state index contributed by atoms with van der Waals surface area (Å²) >= 11 is 0. The van der Waals surface area contributed by atoms with Crippen LogP contribution >= 0.6 is 0 Å². The number of hydrogen-bond donors (Lipinski definition) is 2. The van der Waals surface area contributed by atoms with Crippen molar-refractivity contribution < 1.29 is 19.7 Å². The zero-order valence-electron chi connectivity index (χ0n) is 12.9. The Morgan fingerprint density at radius 3 is 2.28 bits per heavy atom. The van der Waals surface area contributed by atoms with Crippen LogP contribution in [0.15, 0.2) is 41.5 Å². The Morgan fingerprint density at radius 1 is 1.12 bits per heavy atom. The molecule has 0 saturated carbocycles. The van der Waals surface area contributed by atoms with Gasteiger partial charge in [-0.05, 0) is 19.1 Å². The third-order valence-electron chi connectivity index (χ3n) is 3.14. The van der Waals surface area contributed by atoms with Gasteiger partial charge in [0.25, 0.3) is 17.3 Å². The molecule has 0 spiro atoms. The van der Waals surface area contributed by atoms with E-state index in [4.69, 9.17) is 0 Å². The Kier molecular flexibility index (Phi) is 5.03. The van der Waals surface area contributed by atoms with Crippen LogP contribution in [0.5, 0.6) is 5.75 Å². The summed E-state index contributed by atoms with van der Waals surface area (Å²) in [7, 11) is 0. The normalized spacial score (nSPS) is 10.6. The van der Waals surface area contributed by atoms with Gasteiger partial charge in [-0.3, -0.25) is 25.0 Å². The van der Waals surface area contributed by atoms with Gasteiger partial charge in [0.2, 0.25) is 0 Å². The van der Waals surface area contributed by atoms with E-state index in [0.29, 0.717) is 5.56 Å². The number of aryl methyl sites for hydroxylation is 1. The average molecular weight is 344 g/mol. The Balaban J connectivity index is 2.23. The van der Waals surface area contributed by atoms with Gasteiger partial charge >= 0.3 is 0 Å². The van der Waals surface area contributed by atoms with Gasteiger partial charge in [0.1, 0.15) is 5.75 Å². The van der Waals surface area contributed by atoms with Crippen molar-refractivity contribution in [1.29, 1.82) is 0 Å². The summed E-state index contributed by atoms with van der Waals surface area (Å²) in [5.74, 6) is -0.912. The fourth-order valence-corrected chi connectivity index (χ4v) is 1.94. The molecule has 0 aliphatic heterocycles. The van der Waals surface area contributed by atoms with E-state index in [1.807, 2.05) is 0 Å². The molecular formula is C15H12N4O6. The molecule has 0 atom stereocenters. The first-order valence-electron chi connectivity index (χ1n) is 6.85. The Bertz CT molecular complexity index is 861. The first-order chi connectivity index (χ1) is 11.8. The molecule has 25 heavy (non-hydrogen) atoms. The summed E-state index contributed by atoms with van der Waals surface area (Å²) in [6.07, 6.45) is 1.19. The number of aromatic hydroxyl groups is 1. The third-order valence-corrected chi connectivity index (χ3v) is 3.14. The van der Waals surface area contributed by atoms with Gasteiger partial charge in [-0.2, -0.15) is 5.10 Å². The van der Waals surface area contributed by atoms with Gasteiger partial charge in [-0.15, -0.1) is 0 Å². The minimum Gasteiger partial charge on any atom is -0.507 e. The number of nitrogens with one attached hydrogen (secondary N) is 1. The maximum absolute atomic E-state index is 12.0. The molecule has 0 bridgehead atoms. The fourth-order valence-electron chi connectivity index (χ4n) is 1.94. The average Bonchev–Trinajstić information content (AvgIpc) is 2.57. The van der Waals surface area contributed by atoms with Gasteiger partial charge < -0.3 is 5.11 Å². The highest BCUT2D eigenvalue weighted by molar-refractivity contribution is 5.96. The summed E-state index contributed by atoms with van der Waals surface area (Å²) in [4.78, 5) is 32.0. The number of phenolic OH excluding ortho intramolecular Hbond substituents is 1. The Morgan fingerprint density at radius 2 is 1.72 bits per heavy atom. The van der Waals surface area contributed by atoms with Crippen molar-refractivity contribution in [3.8, 4) is 5.75 Å². The molecule has 0 aromatic heterocycles. The molecule has 10 heteroatoms. The highest BCUT2D eigenvalue weighted by Gasteiger charge is 2.19. The standard InChI is InChI=1S/C15H12N4O6/c1-9-2-3-14(20)11(4-9)8-16-17-15(21)10-5-12(18(22)23)7-13(6-10)19(24)25/h2-8,20H,1H3,(H,17,21). The summed E-state index contributed by atoms with van der Waals surface area (Å²) in [5, 5.41) is 34.9. The maximum Gasteiger partial charge on any atom is 0.277 e. The van der Waals surface area contributed by atoms with Crippen molar-refractivity contribution in [2.24, 2.45) is 5.10 Å². The SMILES string of the molecule is Cc1ccc(O)c(C=NNC(=O)c2cc([N+](=O)[O-])cc([N+](=O)[O-])c2)c1. The van der Waals surface area contributed by atoms with Crippen LogP contribution in [-0.4, -0.2) is 27.1 Å². The molecule has 1 amide bonds. The topological polar surface area (TPSA) is 148 Å². The lowest BCUT2D eigenvalue weighted by Gasteiger charge is -2.02. The van der Waals surface area contributed by atoms with E-state index in [9.17, 15) is 30.1 Å². The molecule has 0 saturated heterocycles. The number of amides is 1. The van der Waals surface area contributed by atoms with Gasteiger partial charge in [0.05, 0.1) is 27.7 Å². The molecule has 0 unspecified atom stereocenters. The molecule has 0 aliphatic rings. The minimum absolute atomic E-state index is 0.0467. The smallest absolute Gasteiger partial charge is 0.277 e. The van der Waals surface area contributed by atoms with Gasteiger partial charge in [-0.1, -0.05) is 11.6 Å². The lowest BCUT2D eigenvalue weighted by Crippen LogP contribution is -2.18. The summed E-state index contributed by atoms with van der Waals surface area (Å²) in [5.41, 5.74) is 1.86. The number of nitro groups is 2. The van der Waals surface area contributed by atoms with E-state index in [0.717, 1.165) is 23.8 Å². The van der Waals surface area contributed by atoms with Crippen LogP contribution in [0.2, 0.25) is 0 Å². The van der Waals surface area contributed by atoms with Crippen LogP contribution in [-0.2, 0) is 0 Å². The number of nitro benzene ring substituents is 2. The second kappa shape index (κ2) is 7.17. The van der Waals surface area contributed by atoms with Crippen LogP contribution in [0.3, 0.4) is 0 Å². The zero-order chi connectivity index (χ0) is 18.6. The van der Waals surface area contributed by atoms with E-state index in [1.54, 1.807) is 19.1 Å². The molecule has 10 nitrogen and oxygen atoms in total. The summed E-state index contributed by atoms with van der Waals surface area (Å²) in [6.45, 7) is 1.80. The van der Waals surface area contributed by atoms with Crippen LogP contribution < -0.4 is 5.43 Å². The summed E-state index contributed by atoms with van der Waals surface area (Å²) in [6, 6.07) is 7.34. The van der Waals surface area contributed by atoms with Crippen LogP contribution in [0.4, 0.5) is 11.4 Å². The van der Waals surface area contributed by atoms with Crippen molar-refractivity contribution in [1.82, 2.24) is 5.43 Å². The third kappa shape index (κ3) is 4.34. The van der Waals surface area contributed by atoms with Crippen LogP contribution in [0, 0.1) is 27.2 Å². The van der Waals surface area contributed by atoms with Gasteiger partial charge in [0, 0.05) is 17.7 Å². The molecule has 2 N–H and O–H groups in total. The molecule has 0 radical (unpaired) electrons. The van der Waals surface area contributed by atoms with E-state index >= 15 is 0 Å². The van der Waals surface area contributed by atoms with Gasteiger partial charge in [-0.25, -0.2) is 5.43 Å². The van der Waals surface area contributed by atoms with Crippen LogP contribution in [0.1, 0.15) is 21.5 Å². The van der Waals surface area contributed by atoms with Gasteiger partial charge in [0.15, 0.2) is 0 Å². The number of nitrogens with zero attached hydrogens (tertiary/aromatic N) is 3. The highest BCUT2D eigenvalue weighted by atomic mass is 16.6. The van der Waals surface area contributed by atoms with Crippen LogP contribution in [0.25, 0.3) is 0 Å². The first-order valence-corrected chi connectivity index (χ1v) is 6.85. The number of hydrogen-bond acceptors (Lipinski definition) is 7. The van der Waals surface area contributed by atoms with Crippen molar-refractivity contribution in [3.05, 3.63) is 73.3 Å². The summed E-state index contributed by atoms with van der Waals surface area (Å²) < 4.78 is 0. The lowest BCUT2D eigenvalue weighted by molar-refractivity contribution is -0.394. The molecule has 128 valence electrons. The fraction of sp³-hybridized carbons (Fsp3) is 0.0667. The monoisotopic (exact) mass is 344 g/mol. The maximum atomic E-state index is 12.0. The molecule has 2 aromatic carbocycles. The minimum atomic E-state index is -0.866. The van der Waals surface area contributed by atoms with E-state index < -0.39 is 27.1 Å². The Labute approximate surface area is 140 Å². The zero-order valence-corrected chi connectivity index (χ0v) is 12.9. The van der Waals surface area contributed by atoms with E-state index in [1.165, 1.54) is 12.3 Å². The van der Waals surface area contributed by atoms with Crippen molar-refractivity contribution in [2.75, 3.05) is 0 Å². The predicted octanol–water partition coefficient (Wildman–Crippen LogP) is 2.28. The number of benzene rings is 2. The van der Waals surface area contributed by atoms with E-state index in [-0.39, 0.29) is 11.3 Å². The Hall–Kier alpha value is -3.82. The molecule has 2 rings (SSSR count). The largest absolute Gasteiger partial charge is 0.507 e.